The molecule has 3 aromatic rings. The minimum atomic E-state index is -0.250. The Morgan fingerprint density at radius 1 is 1.27 bits per heavy atom. The first-order valence-electron chi connectivity index (χ1n) is 8.08. The number of halogens is 1. The number of aryl methyl sites for hydroxylation is 1. The van der Waals surface area contributed by atoms with Gasteiger partial charge < -0.3 is 14.6 Å². The highest BCUT2D eigenvalue weighted by Gasteiger charge is 2.22. The number of rotatable bonds is 6. The lowest BCUT2D eigenvalue weighted by Crippen LogP contribution is -2.26. The van der Waals surface area contributed by atoms with Gasteiger partial charge >= 0.3 is 0 Å². The number of carbonyl (C=O) groups is 1. The molecule has 0 fully saturated rings. The van der Waals surface area contributed by atoms with E-state index in [1.54, 1.807) is 38.4 Å². The van der Waals surface area contributed by atoms with Crippen molar-refractivity contribution in [2.45, 2.75) is 13.3 Å². The highest BCUT2D eigenvalue weighted by molar-refractivity contribution is 6.33. The quantitative estimate of drug-likeness (QED) is 0.715. The molecule has 0 aliphatic heterocycles. The Bertz CT molecular complexity index is 907. The van der Waals surface area contributed by atoms with Crippen LogP contribution in [-0.2, 0) is 6.42 Å². The van der Waals surface area contributed by atoms with Gasteiger partial charge in [-0.2, -0.15) is 0 Å². The summed E-state index contributed by atoms with van der Waals surface area (Å²) in [6, 6.07) is 10.9. The third-order valence-corrected chi connectivity index (χ3v) is 4.24. The molecule has 3 rings (SSSR count). The molecule has 134 valence electrons. The third kappa shape index (κ3) is 3.86. The predicted molar refractivity (Wildman–Crippen MR) is 98.5 cm³/mol. The molecule has 7 heteroatoms. The molecular formula is C19H18ClN3O3. The zero-order valence-electron chi connectivity index (χ0n) is 14.5. The molecule has 0 unspecified atom stereocenters. The van der Waals surface area contributed by atoms with Crippen molar-refractivity contribution in [2.24, 2.45) is 0 Å². The van der Waals surface area contributed by atoms with Crippen LogP contribution in [0.15, 0.2) is 47.1 Å². The Labute approximate surface area is 156 Å². The topological polar surface area (TPSA) is 77.2 Å². The van der Waals surface area contributed by atoms with E-state index in [0.29, 0.717) is 46.4 Å². The highest BCUT2D eigenvalue weighted by atomic mass is 35.5. The number of hydrogen-bond donors (Lipinski definition) is 1. The molecule has 0 spiro atoms. The van der Waals surface area contributed by atoms with Crippen molar-refractivity contribution < 1.29 is 14.1 Å². The second kappa shape index (κ2) is 8.01. The summed E-state index contributed by atoms with van der Waals surface area (Å²) in [6.07, 6.45) is 2.37. The third-order valence-electron chi connectivity index (χ3n) is 3.91. The maximum absolute atomic E-state index is 12.6. The maximum atomic E-state index is 12.6. The van der Waals surface area contributed by atoms with Gasteiger partial charge in [-0.1, -0.05) is 35.0 Å². The lowest BCUT2D eigenvalue weighted by atomic mass is 10.1. The lowest BCUT2D eigenvalue weighted by molar-refractivity contribution is 0.0954. The number of aromatic nitrogens is 2. The first-order valence-corrected chi connectivity index (χ1v) is 8.46. The number of ether oxygens (including phenoxy) is 1. The van der Waals surface area contributed by atoms with Gasteiger partial charge in [0.1, 0.15) is 5.56 Å². The van der Waals surface area contributed by atoms with Gasteiger partial charge in [0.15, 0.2) is 5.76 Å². The summed E-state index contributed by atoms with van der Waals surface area (Å²) in [4.78, 5) is 16.8. The van der Waals surface area contributed by atoms with Crippen LogP contribution in [0.3, 0.4) is 0 Å². The molecule has 0 radical (unpaired) electrons. The zero-order valence-corrected chi connectivity index (χ0v) is 15.2. The molecule has 0 atom stereocenters. The summed E-state index contributed by atoms with van der Waals surface area (Å²) >= 11 is 6.22. The Morgan fingerprint density at radius 3 is 2.77 bits per heavy atom. The Hall–Kier alpha value is -2.86. The van der Waals surface area contributed by atoms with E-state index in [-0.39, 0.29) is 5.91 Å². The van der Waals surface area contributed by atoms with Gasteiger partial charge in [0.25, 0.3) is 5.91 Å². The molecule has 2 heterocycles. The van der Waals surface area contributed by atoms with E-state index in [2.05, 4.69) is 15.5 Å². The fourth-order valence-electron chi connectivity index (χ4n) is 2.55. The summed E-state index contributed by atoms with van der Waals surface area (Å²) < 4.78 is 10.4. The molecule has 1 aromatic carbocycles. The average molecular weight is 372 g/mol. The van der Waals surface area contributed by atoms with Gasteiger partial charge in [-0.05, 0) is 31.0 Å². The summed E-state index contributed by atoms with van der Waals surface area (Å²) in [6.45, 7) is 2.19. The van der Waals surface area contributed by atoms with Gasteiger partial charge in [-0.15, -0.1) is 0 Å². The first-order chi connectivity index (χ1) is 12.6. The van der Waals surface area contributed by atoms with E-state index < -0.39 is 0 Å². The van der Waals surface area contributed by atoms with E-state index in [1.807, 2.05) is 18.2 Å². The SMILES string of the molecule is COc1ccc(CCNC(=O)c2c(C)noc2-c2ccccc2Cl)cn1. The van der Waals surface area contributed by atoms with Crippen LogP contribution in [0.25, 0.3) is 11.3 Å². The van der Waals surface area contributed by atoms with E-state index in [9.17, 15) is 4.79 Å². The van der Waals surface area contributed by atoms with Crippen LogP contribution in [0.4, 0.5) is 0 Å². The maximum Gasteiger partial charge on any atom is 0.257 e. The second-order valence-corrected chi connectivity index (χ2v) is 6.07. The molecule has 6 nitrogen and oxygen atoms in total. The molecule has 0 aliphatic rings. The van der Waals surface area contributed by atoms with Gasteiger partial charge in [0.2, 0.25) is 5.88 Å². The number of nitrogens with one attached hydrogen (secondary N) is 1. The zero-order chi connectivity index (χ0) is 18.5. The Kier molecular flexibility index (Phi) is 5.53. The standard InChI is InChI=1S/C19H18ClN3O3/c1-12-17(18(26-23-12)14-5-3-4-6-15(14)20)19(24)21-10-9-13-7-8-16(25-2)22-11-13/h3-8,11H,9-10H2,1-2H3,(H,21,24). The van der Waals surface area contributed by atoms with E-state index in [0.717, 1.165) is 5.56 Å². The second-order valence-electron chi connectivity index (χ2n) is 5.67. The number of hydrogen-bond acceptors (Lipinski definition) is 5. The minimum absolute atomic E-state index is 0.250. The van der Waals surface area contributed by atoms with Crippen LogP contribution in [0.2, 0.25) is 5.02 Å². The molecule has 0 bridgehead atoms. The monoisotopic (exact) mass is 371 g/mol. The molecule has 1 amide bonds. The summed E-state index contributed by atoms with van der Waals surface area (Å²) in [5, 5.41) is 7.32. The van der Waals surface area contributed by atoms with Gasteiger partial charge in [0.05, 0.1) is 17.8 Å². The smallest absolute Gasteiger partial charge is 0.257 e. The largest absolute Gasteiger partial charge is 0.481 e. The lowest BCUT2D eigenvalue weighted by Gasteiger charge is -2.07. The normalized spacial score (nSPS) is 10.6. The van der Waals surface area contributed by atoms with E-state index in [4.69, 9.17) is 20.9 Å². The molecule has 26 heavy (non-hydrogen) atoms. The molecule has 0 saturated carbocycles. The number of nitrogens with zero attached hydrogens (tertiary/aromatic N) is 2. The van der Waals surface area contributed by atoms with Crippen LogP contribution in [0.1, 0.15) is 21.6 Å². The van der Waals surface area contributed by atoms with Crippen LogP contribution in [0.5, 0.6) is 5.88 Å². The van der Waals surface area contributed by atoms with E-state index in [1.165, 1.54) is 0 Å². The molecule has 0 saturated heterocycles. The van der Waals surface area contributed by atoms with Crippen molar-refractivity contribution in [2.75, 3.05) is 13.7 Å². The van der Waals surface area contributed by atoms with Gasteiger partial charge in [-0.25, -0.2) is 4.98 Å². The van der Waals surface area contributed by atoms with E-state index >= 15 is 0 Å². The van der Waals surface area contributed by atoms with Crippen molar-refractivity contribution in [3.8, 4) is 17.2 Å². The average Bonchev–Trinajstić information content (AvgIpc) is 3.04. The molecule has 2 aromatic heterocycles. The molecule has 0 aliphatic carbocycles. The molecule has 1 N–H and O–H groups in total. The van der Waals surface area contributed by atoms with Crippen molar-refractivity contribution in [1.82, 2.24) is 15.5 Å². The number of amides is 1. The van der Waals surface area contributed by atoms with Crippen LogP contribution in [-0.4, -0.2) is 29.7 Å². The predicted octanol–water partition coefficient (Wildman–Crippen LogP) is 3.68. The van der Waals surface area contributed by atoms with Crippen molar-refractivity contribution in [3.05, 3.63) is 64.4 Å². The van der Waals surface area contributed by atoms with Crippen molar-refractivity contribution in [1.29, 1.82) is 0 Å². The number of methoxy groups -OCH3 is 1. The van der Waals surface area contributed by atoms with Gasteiger partial charge in [-0.3, -0.25) is 4.79 Å². The first kappa shape index (κ1) is 17.9. The number of benzene rings is 1. The van der Waals surface area contributed by atoms with Crippen molar-refractivity contribution in [3.63, 3.8) is 0 Å². The number of carbonyl (C=O) groups excluding carboxylic acids is 1. The van der Waals surface area contributed by atoms with Crippen LogP contribution < -0.4 is 10.1 Å². The summed E-state index contributed by atoms with van der Waals surface area (Å²) in [5.74, 6) is 0.680. The highest BCUT2D eigenvalue weighted by Crippen LogP contribution is 2.31. The number of pyridine rings is 1. The van der Waals surface area contributed by atoms with Gasteiger partial charge in [0, 0.05) is 24.4 Å². The molecular weight excluding hydrogens is 354 g/mol. The summed E-state index contributed by atoms with van der Waals surface area (Å²) in [7, 11) is 1.57. The Morgan fingerprint density at radius 2 is 2.08 bits per heavy atom. The van der Waals surface area contributed by atoms with Crippen LogP contribution in [0, 0.1) is 6.92 Å². The van der Waals surface area contributed by atoms with Crippen LogP contribution >= 0.6 is 11.6 Å². The fourth-order valence-corrected chi connectivity index (χ4v) is 2.78. The fraction of sp³-hybridized carbons (Fsp3) is 0.211. The summed E-state index contributed by atoms with van der Waals surface area (Å²) in [5.41, 5.74) is 2.55. The minimum Gasteiger partial charge on any atom is -0.481 e. The van der Waals surface area contributed by atoms with Crippen molar-refractivity contribution >= 4 is 17.5 Å². The Balaban J connectivity index is 1.70.